The number of hydrogen-bond donors (Lipinski definition) is 2. The summed E-state index contributed by atoms with van der Waals surface area (Å²) in [6, 6.07) is 7.51. The number of benzene rings is 1. The molecule has 0 spiro atoms. The molecule has 1 fully saturated rings. The van der Waals surface area contributed by atoms with Crippen molar-refractivity contribution >= 4 is 11.6 Å². The van der Waals surface area contributed by atoms with Crippen LogP contribution in [-0.2, 0) is 4.79 Å². The molecule has 0 saturated heterocycles. The molecule has 0 heterocycles. The maximum Gasteiger partial charge on any atom is 0.242 e. The standard InChI is InChI=1S/C17H24N2O2/c1-3-11-18-17(20)13(2)19-14-7-6-10-16(12-14)21-15-8-4-5-9-15/h3,6-7,10,12-13,15,19H,1,4-5,8-9,11H2,2H3,(H,18,20)/t13-/m1/s1. The molecular weight excluding hydrogens is 264 g/mol. The number of anilines is 1. The second-order valence-electron chi connectivity index (χ2n) is 5.45. The van der Waals surface area contributed by atoms with Gasteiger partial charge in [0.15, 0.2) is 0 Å². The van der Waals surface area contributed by atoms with E-state index in [1.165, 1.54) is 12.8 Å². The zero-order valence-corrected chi connectivity index (χ0v) is 12.6. The van der Waals surface area contributed by atoms with Crippen LogP contribution in [0, 0.1) is 0 Å². The molecule has 1 saturated carbocycles. The fourth-order valence-corrected chi connectivity index (χ4v) is 2.50. The summed E-state index contributed by atoms with van der Waals surface area (Å²) in [5, 5.41) is 5.96. The van der Waals surface area contributed by atoms with Gasteiger partial charge in [-0.3, -0.25) is 4.79 Å². The van der Waals surface area contributed by atoms with Crippen molar-refractivity contribution < 1.29 is 9.53 Å². The van der Waals surface area contributed by atoms with Crippen LogP contribution in [0.5, 0.6) is 5.75 Å². The molecule has 1 aliphatic carbocycles. The molecule has 21 heavy (non-hydrogen) atoms. The first-order valence-corrected chi connectivity index (χ1v) is 7.61. The van der Waals surface area contributed by atoms with E-state index in [4.69, 9.17) is 4.74 Å². The topological polar surface area (TPSA) is 50.4 Å². The number of ether oxygens (including phenoxy) is 1. The third-order valence-corrected chi connectivity index (χ3v) is 3.64. The highest BCUT2D eigenvalue weighted by Crippen LogP contribution is 2.25. The van der Waals surface area contributed by atoms with Crippen LogP contribution in [0.1, 0.15) is 32.6 Å². The molecular formula is C17H24N2O2. The zero-order valence-electron chi connectivity index (χ0n) is 12.6. The second kappa shape index (κ2) is 7.72. The number of hydrogen-bond acceptors (Lipinski definition) is 3. The second-order valence-corrected chi connectivity index (χ2v) is 5.45. The molecule has 1 aliphatic rings. The lowest BCUT2D eigenvalue weighted by molar-refractivity contribution is -0.121. The van der Waals surface area contributed by atoms with Crippen LogP contribution in [0.4, 0.5) is 5.69 Å². The van der Waals surface area contributed by atoms with Gasteiger partial charge in [-0.15, -0.1) is 6.58 Å². The lowest BCUT2D eigenvalue weighted by atomic mass is 10.2. The van der Waals surface area contributed by atoms with E-state index in [0.717, 1.165) is 24.3 Å². The van der Waals surface area contributed by atoms with Gasteiger partial charge in [-0.05, 0) is 44.7 Å². The Balaban J connectivity index is 1.90. The highest BCUT2D eigenvalue weighted by Gasteiger charge is 2.17. The summed E-state index contributed by atoms with van der Waals surface area (Å²) in [5.74, 6) is 0.822. The first kappa shape index (κ1) is 15.4. The van der Waals surface area contributed by atoms with Gasteiger partial charge < -0.3 is 15.4 Å². The molecule has 0 aromatic heterocycles. The van der Waals surface area contributed by atoms with Crippen LogP contribution < -0.4 is 15.4 Å². The van der Waals surface area contributed by atoms with E-state index in [2.05, 4.69) is 17.2 Å². The van der Waals surface area contributed by atoms with Crippen molar-refractivity contribution in [2.75, 3.05) is 11.9 Å². The van der Waals surface area contributed by atoms with Gasteiger partial charge in [-0.2, -0.15) is 0 Å². The Bertz CT molecular complexity index is 481. The molecule has 4 nitrogen and oxygen atoms in total. The van der Waals surface area contributed by atoms with Gasteiger partial charge in [-0.25, -0.2) is 0 Å². The molecule has 1 aromatic carbocycles. The molecule has 0 aliphatic heterocycles. The Morgan fingerprint density at radius 1 is 1.48 bits per heavy atom. The van der Waals surface area contributed by atoms with Crippen molar-refractivity contribution in [3.63, 3.8) is 0 Å². The maximum atomic E-state index is 11.8. The van der Waals surface area contributed by atoms with Crippen molar-refractivity contribution in [3.8, 4) is 5.75 Å². The van der Waals surface area contributed by atoms with Crippen molar-refractivity contribution in [1.82, 2.24) is 5.32 Å². The monoisotopic (exact) mass is 288 g/mol. The van der Waals surface area contributed by atoms with Gasteiger partial charge in [0.05, 0.1) is 6.10 Å². The molecule has 1 amide bonds. The van der Waals surface area contributed by atoms with Crippen LogP contribution in [-0.4, -0.2) is 24.6 Å². The van der Waals surface area contributed by atoms with E-state index in [1.807, 2.05) is 31.2 Å². The number of rotatable bonds is 7. The number of carbonyl (C=O) groups is 1. The molecule has 2 N–H and O–H groups in total. The van der Waals surface area contributed by atoms with E-state index in [9.17, 15) is 4.79 Å². The van der Waals surface area contributed by atoms with Gasteiger partial charge in [-0.1, -0.05) is 12.1 Å². The van der Waals surface area contributed by atoms with Crippen molar-refractivity contribution in [3.05, 3.63) is 36.9 Å². The molecule has 0 radical (unpaired) electrons. The lowest BCUT2D eigenvalue weighted by Gasteiger charge is -2.17. The average molecular weight is 288 g/mol. The minimum atomic E-state index is -0.299. The molecule has 4 heteroatoms. The van der Waals surface area contributed by atoms with Crippen LogP contribution in [0.2, 0.25) is 0 Å². The first-order valence-electron chi connectivity index (χ1n) is 7.61. The molecule has 0 unspecified atom stereocenters. The third kappa shape index (κ3) is 4.81. The Kier molecular flexibility index (Phi) is 5.67. The Hall–Kier alpha value is -1.97. The minimum absolute atomic E-state index is 0.0444. The average Bonchev–Trinajstić information content (AvgIpc) is 2.98. The summed E-state index contributed by atoms with van der Waals surface area (Å²) in [6.07, 6.45) is 6.79. The smallest absolute Gasteiger partial charge is 0.242 e. The van der Waals surface area contributed by atoms with Gasteiger partial charge >= 0.3 is 0 Å². The van der Waals surface area contributed by atoms with E-state index in [-0.39, 0.29) is 11.9 Å². The van der Waals surface area contributed by atoms with E-state index < -0.39 is 0 Å². The Labute approximate surface area is 126 Å². The summed E-state index contributed by atoms with van der Waals surface area (Å²) in [5.41, 5.74) is 0.895. The largest absolute Gasteiger partial charge is 0.490 e. The van der Waals surface area contributed by atoms with Crippen LogP contribution in [0.25, 0.3) is 0 Å². The summed E-state index contributed by atoms with van der Waals surface area (Å²) in [7, 11) is 0. The lowest BCUT2D eigenvalue weighted by Crippen LogP contribution is -2.37. The predicted octanol–water partition coefficient (Wildman–Crippen LogP) is 3.11. The molecule has 1 atom stereocenters. The van der Waals surface area contributed by atoms with E-state index in [0.29, 0.717) is 12.6 Å². The highest BCUT2D eigenvalue weighted by atomic mass is 16.5. The molecule has 1 aromatic rings. The van der Waals surface area contributed by atoms with Gasteiger partial charge in [0, 0.05) is 18.3 Å². The summed E-state index contributed by atoms with van der Waals surface area (Å²) < 4.78 is 5.97. The summed E-state index contributed by atoms with van der Waals surface area (Å²) in [4.78, 5) is 11.8. The fraction of sp³-hybridized carbons (Fsp3) is 0.471. The maximum absolute atomic E-state index is 11.8. The van der Waals surface area contributed by atoms with E-state index in [1.54, 1.807) is 6.08 Å². The normalized spacial score (nSPS) is 16.2. The Morgan fingerprint density at radius 3 is 2.95 bits per heavy atom. The van der Waals surface area contributed by atoms with E-state index >= 15 is 0 Å². The predicted molar refractivity (Wildman–Crippen MR) is 85.6 cm³/mol. The fourth-order valence-electron chi connectivity index (χ4n) is 2.50. The SMILES string of the molecule is C=CCNC(=O)[C@@H](C)Nc1cccc(OC2CCCC2)c1. The Morgan fingerprint density at radius 2 is 2.24 bits per heavy atom. The summed E-state index contributed by atoms with van der Waals surface area (Å²) >= 11 is 0. The first-order chi connectivity index (χ1) is 10.2. The summed E-state index contributed by atoms with van der Waals surface area (Å²) in [6.45, 7) is 5.90. The quantitative estimate of drug-likeness (QED) is 0.758. The highest BCUT2D eigenvalue weighted by molar-refractivity contribution is 5.84. The molecule has 0 bridgehead atoms. The zero-order chi connectivity index (χ0) is 15.1. The van der Waals surface area contributed by atoms with Gasteiger partial charge in [0.2, 0.25) is 5.91 Å². The number of carbonyl (C=O) groups excluding carboxylic acids is 1. The molecule has 2 rings (SSSR count). The van der Waals surface area contributed by atoms with Gasteiger partial charge in [0.1, 0.15) is 11.8 Å². The van der Waals surface area contributed by atoms with Crippen LogP contribution >= 0.6 is 0 Å². The molecule has 114 valence electrons. The van der Waals surface area contributed by atoms with Crippen molar-refractivity contribution in [2.45, 2.75) is 44.8 Å². The van der Waals surface area contributed by atoms with Crippen molar-refractivity contribution in [1.29, 1.82) is 0 Å². The van der Waals surface area contributed by atoms with Crippen molar-refractivity contribution in [2.24, 2.45) is 0 Å². The van der Waals surface area contributed by atoms with Crippen LogP contribution in [0.15, 0.2) is 36.9 Å². The number of amides is 1. The third-order valence-electron chi connectivity index (χ3n) is 3.64. The number of nitrogens with one attached hydrogen (secondary N) is 2. The van der Waals surface area contributed by atoms with Crippen LogP contribution in [0.3, 0.4) is 0 Å². The minimum Gasteiger partial charge on any atom is -0.490 e. The van der Waals surface area contributed by atoms with Gasteiger partial charge in [0.25, 0.3) is 0 Å².